The average molecular weight is 515 g/mol. The smallest absolute Gasteiger partial charge is 0.300 e. The first-order valence-corrected chi connectivity index (χ1v) is 12.4. The second-order valence-electron chi connectivity index (χ2n) is 9.16. The number of nitrogens with zero attached hydrogens (tertiary/aromatic N) is 2. The summed E-state index contributed by atoms with van der Waals surface area (Å²) in [5.74, 6) is 0.514. The standard InChI is InChI=1S/C29H26N2O7/c1-3-35-20-6-4-5-17(13-20)26-25(27(32)18-7-9-22-21(14-18)30(2)11-12-36-22)28(33)29(34)31(26)19-8-10-23-24(15-19)38-16-37-23/h4-10,13-15,26,32H,3,11-12,16H2,1-2H3/b27-25-. The van der Waals surface area contributed by atoms with Crippen LogP contribution in [-0.2, 0) is 9.59 Å². The van der Waals surface area contributed by atoms with E-state index in [2.05, 4.69) is 0 Å². The van der Waals surface area contributed by atoms with E-state index in [0.717, 1.165) is 5.69 Å². The van der Waals surface area contributed by atoms with Gasteiger partial charge in [-0.1, -0.05) is 12.1 Å². The molecule has 1 fully saturated rings. The topological polar surface area (TPSA) is 97.8 Å². The Kier molecular flexibility index (Phi) is 5.83. The molecule has 1 amide bonds. The van der Waals surface area contributed by atoms with Crippen LogP contribution in [0.5, 0.6) is 23.0 Å². The average Bonchev–Trinajstić information content (AvgIpc) is 3.50. The van der Waals surface area contributed by atoms with Crippen molar-refractivity contribution in [1.82, 2.24) is 0 Å². The Morgan fingerprint density at radius 2 is 1.82 bits per heavy atom. The number of rotatable bonds is 5. The Hall–Kier alpha value is -4.66. The fraction of sp³-hybridized carbons (Fsp3) is 0.241. The van der Waals surface area contributed by atoms with E-state index in [1.54, 1.807) is 60.7 Å². The molecule has 0 spiro atoms. The van der Waals surface area contributed by atoms with Gasteiger partial charge < -0.3 is 29.0 Å². The molecule has 3 aromatic rings. The molecule has 3 aliphatic heterocycles. The molecule has 1 unspecified atom stereocenters. The summed E-state index contributed by atoms with van der Waals surface area (Å²) < 4.78 is 22.4. The minimum Gasteiger partial charge on any atom is -0.507 e. The van der Waals surface area contributed by atoms with Gasteiger partial charge in [-0.2, -0.15) is 0 Å². The molecule has 0 aromatic heterocycles. The summed E-state index contributed by atoms with van der Waals surface area (Å²) in [6.07, 6.45) is 0. The van der Waals surface area contributed by atoms with Crippen molar-refractivity contribution in [2.24, 2.45) is 0 Å². The number of ketones is 1. The van der Waals surface area contributed by atoms with Crippen molar-refractivity contribution in [3.05, 3.63) is 77.4 Å². The minimum absolute atomic E-state index is 0.0133. The summed E-state index contributed by atoms with van der Waals surface area (Å²) in [7, 11) is 1.93. The van der Waals surface area contributed by atoms with Crippen LogP contribution in [0.2, 0.25) is 0 Å². The first-order valence-electron chi connectivity index (χ1n) is 12.4. The summed E-state index contributed by atoms with van der Waals surface area (Å²) in [4.78, 5) is 30.5. The van der Waals surface area contributed by atoms with Crippen molar-refractivity contribution in [2.75, 3.05) is 43.4 Å². The van der Waals surface area contributed by atoms with E-state index in [9.17, 15) is 14.7 Å². The molecule has 3 heterocycles. The highest BCUT2D eigenvalue weighted by Crippen LogP contribution is 2.46. The van der Waals surface area contributed by atoms with Crippen molar-refractivity contribution in [1.29, 1.82) is 0 Å². The number of fused-ring (bicyclic) bond motifs is 2. The summed E-state index contributed by atoms with van der Waals surface area (Å²) in [6.45, 7) is 3.66. The molecule has 6 rings (SSSR count). The van der Waals surface area contributed by atoms with Gasteiger partial charge in [-0.05, 0) is 55.0 Å². The van der Waals surface area contributed by atoms with Crippen LogP contribution in [0, 0.1) is 0 Å². The Morgan fingerprint density at radius 1 is 1.00 bits per heavy atom. The van der Waals surface area contributed by atoms with Gasteiger partial charge in [-0.15, -0.1) is 0 Å². The lowest BCUT2D eigenvalue weighted by Gasteiger charge is -2.28. The van der Waals surface area contributed by atoms with E-state index in [0.29, 0.717) is 59.6 Å². The lowest BCUT2D eigenvalue weighted by molar-refractivity contribution is -0.132. The predicted octanol–water partition coefficient (Wildman–Crippen LogP) is 4.27. The number of ether oxygens (including phenoxy) is 4. The maximum atomic E-state index is 13.6. The first-order chi connectivity index (χ1) is 18.5. The maximum absolute atomic E-state index is 13.6. The van der Waals surface area contributed by atoms with Gasteiger partial charge in [0.2, 0.25) is 6.79 Å². The molecule has 38 heavy (non-hydrogen) atoms. The third-order valence-corrected chi connectivity index (χ3v) is 6.89. The largest absolute Gasteiger partial charge is 0.507 e. The number of carbonyl (C=O) groups is 2. The SMILES string of the molecule is CCOc1cccc(C2/C(=C(/O)c3ccc4c(c3)N(C)CCO4)C(=O)C(=O)N2c2ccc3c(c2)OCO3)c1. The molecule has 3 aromatic carbocycles. The van der Waals surface area contributed by atoms with Gasteiger partial charge in [0, 0.05) is 24.4 Å². The number of hydrogen-bond donors (Lipinski definition) is 1. The molecule has 1 saturated heterocycles. The molecule has 0 bridgehead atoms. The number of Topliss-reactive ketones (excluding diaryl/α,β-unsaturated/α-hetero) is 1. The molecule has 1 N–H and O–H groups in total. The Morgan fingerprint density at radius 3 is 2.66 bits per heavy atom. The molecule has 3 aliphatic rings. The fourth-order valence-electron chi connectivity index (χ4n) is 5.04. The van der Waals surface area contributed by atoms with Crippen LogP contribution < -0.4 is 28.7 Å². The van der Waals surface area contributed by atoms with Crippen LogP contribution in [0.15, 0.2) is 66.2 Å². The van der Waals surface area contributed by atoms with Crippen molar-refractivity contribution >= 4 is 28.8 Å². The molecule has 9 heteroatoms. The molecule has 0 aliphatic carbocycles. The van der Waals surface area contributed by atoms with Crippen LogP contribution in [-0.4, -0.2) is 50.4 Å². The van der Waals surface area contributed by atoms with E-state index >= 15 is 0 Å². The van der Waals surface area contributed by atoms with Crippen LogP contribution >= 0.6 is 0 Å². The van der Waals surface area contributed by atoms with Crippen LogP contribution in [0.25, 0.3) is 5.76 Å². The van der Waals surface area contributed by atoms with Crippen LogP contribution in [0.4, 0.5) is 11.4 Å². The van der Waals surface area contributed by atoms with Gasteiger partial charge in [-0.25, -0.2) is 0 Å². The number of hydrogen-bond acceptors (Lipinski definition) is 8. The van der Waals surface area contributed by atoms with E-state index < -0.39 is 17.7 Å². The van der Waals surface area contributed by atoms with Crippen molar-refractivity contribution in [3.63, 3.8) is 0 Å². The van der Waals surface area contributed by atoms with E-state index in [4.69, 9.17) is 18.9 Å². The molecule has 1 atom stereocenters. The molecule has 0 radical (unpaired) electrons. The highest BCUT2D eigenvalue weighted by atomic mass is 16.7. The zero-order valence-corrected chi connectivity index (χ0v) is 21.0. The molecular formula is C29H26N2O7. The second kappa shape index (κ2) is 9.33. The highest BCUT2D eigenvalue weighted by molar-refractivity contribution is 6.51. The number of aliphatic hydroxyl groups is 1. The van der Waals surface area contributed by atoms with Crippen molar-refractivity contribution in [2.45, 2.75) is 13.0 Å². The van der Waals surface area contributed by atoms with Gasteiger partial charge >= 0.3 is 0 Å². The normalized spacial score (nSPS) is 19.4. The third-order valence-electron chi connectivity index (χ3n) is 6.89. The lowest BCUT2D eigenvalue weighted by atomic mass is 9.94. The molecule has 0 saturated carbocycles. The van der Waals surface area contributed by atoms with Gasteiger partial charge in [0.15, 0.2) is 11.5 Å². The first kappa shape index (κ1) is 23.7. The Bertz CT molecular complexity index is 1480. The van der Waals surface area contributed by atoms with Crippen LogP contribution in [0.3, 0.4) is 0 Å². The molecule has 194 valence electrons. The third kappa shape index (κ3) is 3.87. The minimum atomic E-state index is -0.902. The van der Waals surface area contributed by atoms with Gasteiger partial charge in [0.1, 0.15) is 23.9 Å². The zero-order chi connectivity index (χ0) is 26.4. The summed E-state index contributed by atoms with van der Waals surface area (Å²) in [6, 6.07) is 16.6. The lowest BCUT2D eigenvalue weighted by Crippen LogP contribution is -2.29. The van der Waals surface area contributed by atoms with Gasteiger partial charge in [0.05, 0.1) is 30.5 Å². The summed E-state index contributed by atoms with van der Waals surface area (Å²) in [5, 5.41) is 11.6. The number of carbonyl (C=O) groups excluding carboxylic acids is 2. The molecule has 9 nitrogen and oxygen atoms in total. The molecular weight excluding hydrogens is 488 g/mol. The number of likely N-dealkylation sites (N-methyl/N-ethyl adjacent to an activating group) is 1. The van der Waals surface area contributed by atoms with Gasteiger partial charge in [-0.3, -0.25) is 14.5 Å². The zero-order valence-electron chi connectivity index (χ0n) is 21.0. The second-order valence-corrected chi connectivity index (χ2v) is 9.16. The van der Waals surface area contributed by atoms with E-state index in [1.807, 2.05) is 18.9 Å². The van der Waals surface area contributed by atoms with Crippen molar-refractivity contribution < 1.29 is 33.6 Å². The summed E-state index contributed by atoms with van der Waals surface area (Å²) in [5.41, 5.74) is 2.25. The highest BCUT2D eigenvalue weighted by Gasteiger charge is 2.47. The quantitative estimate of drug-likeness (QED) is 0.306. The Labute approximate surface area is 219 Å². The summed E-state index contributed by atoms with van der Waals surface area (Å²) >= 11 is 0. The van der Waals surface area contributed by atoms with Gasteiger partial charge in [0.25, 0.3) is 11.7 Å². The number of anilines is 2. The van der Waals surface area contributed by atoms with E-state index in [1.165, 1.54) is 4.90 Å². The maximum Gasteiger partial charge on any atom is 0.300 e. The monoisotopic (exact) mass is 514 g/mol. The fourth-order valence-corrected chi connectivity index (χ4v) is 5.04. The van der Waals surface area contributed by atoms with E-state index in [-0.39, 0.29) is 18.1 Å². The van der Waals surface area contributed by atoms with Crippen molar-refractivity contribution in [3.8, 4) is 23.0 Å². The number of aliphatic hydroxyl groups excluding tert-OH is 1. The number of benzene rings is 3. The Balaban J connectivity index is 1.52. The number of amides is 1. The predicted molar refractivity (Wildman–Crippen MR) is 140 cm³/mol. The van der Waals surface area contributed by atoms with Crippen LogP contribution in [0.1, 0.15) is 24.1 Å².